The second kappa shape index (κ2) is 5.96. The molecule has 128 valence electrons. The third-order valence-corrected chi connectivity index (χ3v) is 4.34. The number of nitrogens with zero attached hydrogens (tertiary/aromatic N) is 4. The molecule has 4 aromatic rings. The number of rotatable bonds is 3. The Hall–Kier alpha value is -3.74. The molecule has 0 bridgehead atoms. The molecule has 0 saturated carbocycles. The Morgan fingerprint density at radius 1 is 1.00 bits per heavy atom. The summed E-state index contributed by atoms with van der Waals surface area (Å²) in [5, 5.41) is 32.3. The van der Waals surface area contributed by atoms with E-state index in [9.17, 15) is 15.2 Å². The van der Waals surface area contributed by atoms with E-state index < -0.39 is 4.92 Å². The van der Waals surface area contributed by atoms with Gasteiger partial charge in [-0.3, -0.25) is 10.1 Å². The molecule has 7 heteroatoms. The van der Waals surface area contributed by atoms with Crippen LogP contribution in [0.4, 0.5) is 17.1 Å². The Balaban J connectivity index is 1.82. The summed E-state index contributed by atoms with van der Waals surface area (Å²) in [6.45, 7) is 0. The van der Waals surface area contributed by atoms with Crippen LogP contribution in [0.2, 0.25) is 0 Å². The minimum Gasteiger partial charge on any atom is -0.493 e. The molecule has 3 aromatic carbocycles. The zero-order valence-corrected chi connectivity index (χ0v) is 13.8. The smallest absolute Gasteiger partial charge is 0.270 e. The summed E-state index contributed by atoms with van der Waals surface area (Å²) >= 11 is 0. The van der Waals surface area contributed by atoms with Crippen molar-refractivity contribution < 1.29 is 10.0 Å². The molecule has 0 aliphatic heterocycles. The highest BCUT2D eigenvalue weighted by Gasteiger charge is 2.17. The maximum atomic E-state index is 11.0. The largest absolute Gasteiger partial charge is 0.493 e. The van der Waals surface area contributed by atoms with Crippen LogP contribution >= 0.6 is 0 Å². The quantitative estimate of drug-likeness (QED) is 0.307. The Morgan fingerprint density at radius 2 is 1.77 bits per heavy atom. The summed E-state index contributed by atoms with van der Waals surface area (Å²) in [6.07, 6.45) is 0. The SMILES string of the molecule is Cn1c(O)c(N=Nc2ccc3ccccc3c2)c2cc([N+](=O)[O-])ccc21. The van der Waals surface area contributed by atoms with Gasteiger partial charge in [-0.1, -0.05) is 30.3 Å². The first-order valence-electron chi connectivity index (χ1n) is 7.91. The predicted octanol–water partition coefficient (Wildman–Crippen LogP) is 5.36. The number of hydrogen-bond acceptors (Lipinski definition) is 5. The van der Waals surface area contributed by atoms with Gasteiger partial charge in [0.15, 0.2) is 5.69 Å². The van der Waals surface area contributed by atoms with E-state index in [1.54, 1.807) is 13.1 Å². The average molecular weight is 346 g/mol. The van der Waals surface area contributed by atoms with Crippen LogP contribution in [0.15, 0.2) is 70.9 Å². The van der Waals surface area contributed by atoms with Crippen molar-refractivity contribution in [3.63, 3.8) is 0 Å². The number of fused-ring (bicyclic) bond motifs is 2. The van der Waals surface area contributed by atoms with Gasteiger partial charge in [0.2, 0.25) is 5.88 Å². The van der Waals surface area contributed by atoms with Gasteiger partial charge in [0, 0.05) is 24.6 Å². The lowest BCUT2D eigenvalue weighted by Crippen LogP contribution is -1.88. The maximum Gasteiger partial charge on any atom is 0.270 e. The lowest BCUT2D eigenvalue weighted by Gasteiger charge is -1.98. The number of azo groups is 1. The first-order chi connectivity index (χ1) is 12.5. The lowest BCUT2D eigenvalue weighted by molar-refractivity contribution is -0.384. The highest BCUT2D eigenvalue weighted by molar-refractivity contribution is 5.96. The van der Waals surface area contributed by atoms with Crippen molar-refractivity contribution in [2.24, 2.45) is 17.3 Å². The molecule has 0 saturated heterocycles. The normalized spacial score (nSPS) is 11.6. The van der Waals surface area contributed by atoms with Crippen molar-refractivity contribution in [3.05, 3.63) is 70.8 Å². The summed E-state index contributed by atoms with van der Waals surface area (Å²) in [5.41, 5.74) is 1.41. The van der Waals surface area contributed by atoms with Crippen molar-refractivity contribution in [1.29, 1.82) is 0 Å². The Bertz CT molecular complexity index is 1190. The lowest BCUT2D eigenvalue weighted by atomic mass is 10.1. The van der Waals surface area contributed by atoms with Crippen molar-refractivity contribution in [1.82, 2.24) is 4.57 Å². The number of nitro benzene ring substituents is 1. The van der Waals surface area contributed by atoms with Crippen molar-refractivity contribution in [3.8, 4) is 5.88 Å². The fraction of sp³-hybridized carbons (Fsp3) is 0.0526. The van der Waals surface area contributed by atoms with Gasteiger partial charge in [0.25, 0.3) is 5.69 Å². The summed E-state index contributed by atoms with van der Waals surface area (Å²) < 4.78 is 1.52. The maximum absolute atomic E-state index is 11.0. The van der Waals surface area contributed by atoms with E-state index >= 15 is 0 Å². The van der Waals surface area contributed by atoms with Crippen LogP contribution in [-0.2, 0) is 7.05 Å². The Labute approximate surface area is 148 Å². The molecule has 1 heterocycles. The molecule has 0 atom stereocenters. The van der Waals surface area contributed by atoms with Crippen molar-refractivity contribution in [2.75, 3.05) is 0 Å². The van der Waals surface area contributed by atoms with Gasteiger partial charge in [-0.25, -0.2) is 0 Å². The van der Waals surface area contributed by atoms with Crippen molar-refractivity contribution in [2.45, 2.75) is 0 Å². The zero-order valence-electron chi connectivity index (χ0n) is 13.8. The topological polar surface area (TPSA) is 93.0 Å². The standard InChI is InChI=1S/C19H14N4O3/c1-22-17-9-8-15(23(25)26)11-16(17)18(19(22)24)21-20-14-7-6-12-4-2-3-5-13(12)10-14/h2-11,24H,1H3. The summed E-state index contributed by atoms with van der Waals surface area (Å²) in [6, 6.07) is 17.9. The van der Waals surface area contributed by atoms with E-state index in [4.69, 9.17) is 0 Å². The van der Waals surface area contributed by atoms with E-state index in [1.165, 1.54) is 16.7 Å². The fourth-order valence-electron chi connectivity index (χ4n) is 2.96. The van der Waals surface area contributed by atoms with Gasteiger partial charge < -0.3 is 9.67 Å². The number of aromatic hydroxyl groups is 1. The molecular formula is C19H14N4O3. The monoisotopic (exact) mass is 346 g/mol. The van der Waals surface area contributed by atoms with Crippen LogP contribution in [0.3, 0.4) is 0 Å². The first-order valence-corrected chi connectivity index (χ1v) is 7.91. The fourth-order valence-corrected chi connectivity index (χ4v) is 2.96. The summed E-state index contributed by atoms with van der Waals surface area (Å²) in [5.74, 6) is -0.0926. The summed E-state index contributed by atoms with van der Waals surface area (Å²) in [4.78, 5) is 10.6. The van der Waals surface area contributed by atoms with E-state index in [1.807, 2.05) is 42.5 Å². The molecule has 0 fully saturated rings. The number of benzene rings is 3. The van der Waals surface area contributed by atoms with Gasteiger partial charge >= 0.3 is 0 Å². The molecule has 0 amide bonds. The molecule has 0 unspecified atom stereocenters. The van der Waals surface area contributed by atoms with Gasteiger partial charge in [0.05, 0.1) is 16.1 Å². The second-order valence-corrected chi connectivity index (χ2v) is 5.92. The number of aromatic nitrogens is 1. The third kappa shape index (κ3) is 2.55. The van der Waals surface area contributed by atoms with E-state index in [0.717, 1.165) is 10.8 Å². The first kappa shape index (κ1) is 15.8. The molecule has 0 aliphatic carbocycles. The molecule has 0 aliphatic rings. The van der Waals surface area contributed by atoms with Crippen LogP contribution in [-0.4, -0.2) is 14.6 Å². The van der Waals surface area contributed by atoms with E-state index in [0.29, 0.717) is 16.6 Å². The second-order valence-electron chi connectivity index (χ2n) is 5.92. The van der Waals surface area contributed by atoms with Gasteiger partial charge in [-0.15, -0.1) is 5.11 Å². The highest BCUT2D eigenvalue weighted by atomic mass is 16.6. The number of non-ortho nitro benzene ring substituents is 1. The molecule has 4 rings (SSSR count). The van der Waals surface area contributed by atoms with Crippen LogP contribution in [0.5, 0.6) is 5.88 Å². The minimum absolute atomic E-state index is 0.0646. The summed E-state index contributed by atoms with van der Waals surface area (Å²) in [7, 11) is 1.67. The van der Waals surface area contributed by atoms with Gasteiger partial charge in [0.1, 0.15) is 0 Å². The van der Waals surface area contributed by atoms with Crippen LogP contribution in [0, 0.1) is 10.1 Å². The molecule has 26 heavy (non-hydrogen) atoms. The van der Waals surface area contributed by atoms with E-state index in [2.05, 4.69) is 10.2 Å². The van der Waals surface area contributed by atoms with E-state index in [-0.39, 0.29) is 17.3 Å². The third-order valence-electron chi connectivity index (χ3n) is 4.34. The predicted molar refractivity (Wildman–Crippen MR) is 99.4 cm³/mol. The van der Waals surface area contributed by atoms with Crippen LogP contribution < -0.4 is 0 Å². The molecular weight excluding hydrogens is 332 g/mol. The average Bonchev–Trinajstić information content (AvgIpc) is 2.90. The van der Waals surface area contributed by atoms with Crippen LogP contribution in [0.1, 0.15) is 0 Å². The van der Waals surface area contributed by atoms with Gasteiger partial charge in [-0.2, -0.15) is 5.11 Å². The van der Waals surface area contributed by atoms with Crippen molar-refractivity contribution >= 4 is 38.7 Å². The Kier molecular flexibility index (Phi) is 3.62. The molecule has 1 N–H and O–H groups in total. The van der Waals surface area contributed by atoms with Gasteiger partial charge in [-0.05, 0) is 29.0 Å². The molecule has 7 nitrogen and oxygen atoms in total. The zero-order chi connectivity index (χ0) is 18.3. The minimum atomic E-state index is -0.478. The number of hydrogen-bond donors (Lipinski definition) is 1. The number of aryl methyl sites for hydroxylation is 1. The molecule has 0 spiro atoms. The number of nitro groups is 1. The highest BCUT2D eigenvalue weighted by Crippen LogP contribution is 2.40. The molecule has 0 radical (unpaired) electrons. The van der Waals surface area contributed by atoms with Crippen LogP contribution in [0.25, 0.3) is 21.7 Å². The Morgan fingerprint density at radius 3 is 2.54 bits per heavy atom. The molecule has 1 aromatic heterocycles.